The molecule has 0 saturated heterocycles. The molecule has 1 saturated carbocycles. The van der Waals surface area contributed by atoms with Gasteiger partial charge in [0, 0.05) is 19.0 Å². The molecule has 2 rings (SSSR count). The predicted octanol–water partition coefficient (Wildman–Crippen LogP) is 2.29. The zero-order valence-electron chi connectivity index (χ0n) is 12.1. The Labute approximate surface area is 110 Å². The maximum Gasteiger partial charge on any atom is 0.138 e. The van der Waals surface area contributed by atoms with Crippen molar-refractivity contribution in [3.05, 3.63) is 12.2 Å². The average Bonchev–Trinajstić information content (AvgIpc) is 2.62. The first-order chi connectivity index (χ1) is 8.33. The van der Waals surface area contributed by atoms with Gasteiger partial charge in [-0.05, 0) is 24.2 Å². The van der Waals surface area contributed by atoms with E-state index in [4.69, 9.17) is 5.73 Å². The average molecular weight is 250 g/mol. The number of aromatic nitrogens is 3. The highest BCUT2D eigenvalue weighted by atomic mass is 15.3. The van der Waals surface area contributed by atoms with Gasteiger partial charge < -0.3 is 5.73 Å². The van der Waals surface area contributed by atoms with Crippen molar-refractivity contribution in [2.75, 3.05) is 0 Å². The summed E-state index contributed by atoms with van der Waals surface area (Å²) in [6.07, 6.45) is 7.33. The van der Waals surface area contributed by atoms with Crippen LogP contribution in [0.1, 0.15) is 52.3 Å². The quantitative estimate of drug-likeness (QED) is 0.876. The van der Waals surface area contributed by atoms with Crippen LogP contribution in [0.2, 0.25) is 0 Å². The highest BCUT2D eigenvalue weighted by Gasteiger charge is 2.43. The summed E-state index contributed by atoms with van der Waals surface area (Å²) in [6, 6.07) is 0. The van der Waals surface area contributed by atoms with Gasteiger partial charge in [-0.2, -0.15) is 5.10 Å². The van der Waals surface area contributed by atoms with E-state index in [-0.39, 0.29) is 11.0 Å². The molecule has 2 atom stereocenters. The van der Waals surface area contributed by atoms with Gasteiger partial charge in [-0.3, -0.25) is 4.68 Å². The fraction of sp³-hybridized carbons (Fsp3) is 0.857. The summed E-state index contributed by atoms with van der Waals surface area (Å²) in [7, 11) is 1.95. The Morgan fingerprint density at radius 1 is 1.44 bits per heavy atom. The molecule has 1 aliphatic rings. The molecule has 4 heteroatoms. The third kappa shape index (κ3) is 2.58. The first kappa shape index (κ1) is 13.5. The summed E-state index contributed by atoms with van der Waals surface area (Å²) in [6.45, 7) is 6.92. The fourth-order valence-electron chi connectivity index (χ4n) is 3.55. The third-order valence-corrected chi connectivity index (χ3v) is 4.42. The van der Waals surface area contributed by atoms with Crippen LogP contribution in [0.15, 0.2) is 6.33 Å². The van der Waals surface area contributed by atoms with E-state index >= 15 is 0 Å². The summed E-state index contributed by atoms with van der Waals surface area (Å²) in [5.41, 5.74) is 6.90. The standard InChI is InChI=1S/C14H26N4/c1-13(2,3)11-7-5-6-8-14(11,15)9-12-16-10-17-18(12)4/h10-11H,5-9,15H2,1-4H3. The van der Waals surface area contributed by atoms with Crippen LogP contribution in [0, 0.1) is 11.3 Å². The van der Waals surface area contributed by atoms with Crippen LogP contribution in [0.4, 0.5) is 0 Å². The molecule has 0 amide bonds. The summed E-state index contributed by atoms with van der Waals surface area (Å²) < 4.78 is 1.85. The highest BCUT2D eigenvalue weighted by molar-refractivity contribution is 5.05. The minimum Gasteiger partial charge on any atom is -0.324 e. The Hall–Kier alpha value is -0.900. The minimum absolute atomic E-state index is 0.128. The molecule has 0 aliphatic heterocycles. The fourth-order valence-corrected chi connectivity index (χ4v) is 3.55. The lowest BCUT2D eigenvalue weighted by Gasteiger charge is -2.48. The largest absolute Gasteiger partial charge is 0.324 e. The monoisotopic (exact) mass is 250 g/mol. The van der Waals surface area contributed by atoms with E-state index in [2.05, 4.69) is 30.9 Å². The molecular formula is C14H26N4. The van der Waals surface area contributed by atoms with Crippen molar-refractivity contribution in [3.63, 3.8) is 0 Å². The van der Waals surface area contributed by atoms with Gasteiger partial charge in [-0.25, -0.2) is 4.98 Å². The Bertz CT molecular complexity index is 404. The van der Waals surface area contributed by atoms with E-state index in [1.165, 1.54) is 19.3 Å². The van der Waals surface area contributed by atoms with Crippen molar-refractivity contribution in [2.24, 2.45) is 24.1 Å². The minimum atomic E-state index is -0.128. The molecule has 0 radical (unpaired) electrons. The predicted molar refractivity (Wildman–Crippen MR) is 73.0 cm³/mol. The van der Waals surface area contributed by atoms with Gasteiger partial charge >= 0.3 is 0 Å². The van der Waals surface area contributed by atoms with Crippen LogP contribution in [0.3, 0.4) is 0 Å². The molecule has 1 aromatic heterocycles. The second kappa shape index (κ2) is 4.65. The zero-order valence-corrected chi connectivity index (χ0v) is 12.1. The molecule has 0 bridgehead atoms. The van der Waals surface area contributed by atoms with E-state index in [9.17, 15) is 0 Å². The Morgan fingerprint density at radius 3 is 2.72 bits per heavy atom. The molecule has 4 nitrogen and oxygen atoms in total. The maximum atomic E-state index is 6.77. The van der Waals surface area contributed by atoms with Gasteiger partial charge in [-0.15, -0.1) is 0 Å². The SMILES string of the molecule is Cn1ncnc1CC1(N)CCCCC1C(C)(C)C. The van der Waals surface area contributed by atoms with Crippen molar-refractivity contribution in [3.8, 4) is 0 Å². The van der Waals surface area contributed by atoms with E-state index in [0.29, 0.717) is 5.92 Å². The van der Waals surface area contributed by atoms with Crippen LogP contribution in [0.5, 0.6) is 0 Å². The summed E-state index contributed by atoms with van der Waals surface area (Å²) >= 11 is 0. The van der Waals surface area contributed by atoms with Crippen LogP contribution in [0.25, 0.3) is 0 Å². The lowest BCUT2D eigenvalue weighted by Crippen LogP contribution is -2.55. The van der Waals surface area contributed by atoms with Gasteiger partial charge in [0.05, 0.1) is 0 Å². The smallest absolute Gasteiger partial charge is 0.138 e. The van der Waals surface area contributed by atoms with Gasteiger partial charge in [0.25, 0.3) is 0 Å². The zero-order chi connectivity index (χ0) is 13.4. The van der Waals surface area contributed by atoms with Crippen LogP contribution < -0.4 is 5.73 Å². The highest BCUT2D eigenvalue weighted by Crippen LogP contribution is 2.44. The topological polar surface area (TPSA) is 56.7 Å². The Kier molecular flexibility index (Phi) is 3.49. The van der Waals surface area contributed by atoms with Crippen molar-refractivity contribution in [2.45, 2.75) is 58.4 Å². The molecule has 2 N–H and O–H groups in total. The summed E-state index contributed by atoms with van der Waals surface area (Å²) in [5, 5.41) is 4.15. The molecule has 1 aromatic rings. The van der Waals surface area contributed by atoms with Crippen molar-refractivity contribution < 1.29 is 0 Å². The molecule has 18 heavy (non-hydrogen) atoms. The number of nitrogens with zero attached hydrogens (tertiary/aromatic N) is 3. The van der Waals surface area contributed by atoms with Crippen molar-refractivity contribution >= 4 is 0 Å². The van der Waals surface area contributed by atoms with Crippen LogP contribution in [-0.4, -0.2) is 20.3 Å². The first-order valence-electron chi connectivity index (χ1n) is 6.95. The van der Waals surface area contributed by atoms with E-state index < -0.39 is 0 Å². The number of hydrogen-bond acceptors (Lipinski definition) is 3. The van der Waals surface area contributed by atoms with Gasteiger partial charge in [0.1, 0.15) is 12.2 Å². The second-order valence-corrected chi connectivity index (χ2v) is 6.87. The maximum absolute atomic E-state index is 6.77. The first-order valence-corrected chi connectivity index (χ1v) is 6.95. The summed E-state index contributed by atoms with van der Waals surface area (Å²) in [4.78, 5) is 4.34. The number of aryl methyl sites for hydroxylation is 1. The third-order valence-electron chi connectivity index (χ3n) is 4.42. The number of rotatable bonds is 2. The molecule has 2 unspecified atom stereocenters. The molecule has 0 aromatic carbocycles. The van der Waals surface area contributed by atoms with Gasteiger partial charge in [0.15, 0.2) is 0 Å². The Morgan fingerprint density at radius 2 is 2.17 bits per heavy atom. The Balaban J connectivity index is 2.23. The normalized spacial score (nSPS) is 29.5. The molecule has 102 valence electrons. The number of hydrogen-bond donors (Lipinski definition) is 1. The van der Waals surface area contributed by atoms with Crippen LogP contribution >= 0.6 is 0 Å². The van der Waals surface area contributed by atoms with E-state index in [1.807, 2.05) is 11.7 Å². The van der Waals surface area contributed by atoms with Crippen molar-refractivity contribution in [1.29, 1.82) is 0 Å². The molecule has 1 aliphatic carbocycles. The molecule has 0 spiro atoms. The van der Waals surface area contributed by atoms with E-state index in [0.717, 1.165) is 18.7 Å². The van der Waals surface area contributed by atoms with Gasteiger partial charge in [0.2, 0.25) is 0 Å². The lowest BCUT2D eigenvalue weighted by atomic mass is 9.61. The van der Waals surface area contributed by atoms with Crippen LogP contribution in [-0.2, 0) is 13.5 Å². The van der Waals surface area contributed by atoms with E-state index in [1.54, 1.807) is 6.33 Å². The molecular weight excluding hydrogens is 224 g/mol. The van der Waals surface area contributed by atoms with Gasteiger partial charge in [-0.1, -0.05) is 33.6 Å². The summed E-state index contributed by atoms with van der Waals surface area (Å²) in [5.74, 6) is 1.56. The molecule has 1 heterocycles. The molecule has 1 fully saturated rings. The van der Waals surface area contributed by atoms with Crippen molar-refractivity contribution in [1.82, 2.24) is 14.8 Å². The second-order valence-electron chi connectivity index (χ2n) is 6.87. The number of nitrogens with two attached hydrogens (primary N) is 1. The lowest BCUT2D eigenvalue weighted by molar-refractivity contribution is 0.0773.